The van der Waals surface area contributed by atoms with Crippen molar-refractivity contribution in [2.24, 2.45) is 11.3 Å². The van der Waals surface area contributed by atoms with Gasteiger partial charge in [-0.3, -0.25) is 0 Å². The second-order valence-corrected chi connectivity index (χ2v) is 9.48. The van der Waals surface area contributed by atoms with Gasteiger partial charge in [0.25, 0.3) is 0 Å². The van der Waals surface area contributed by atoms with E-state index >= 15 is 0 Å². The van der Waals surface area contributed by atoms with Crippen molar-refractivity contribution >= 4 is 0 Å². The lowest BCUT2D eigenvalue weighted by Crippen LogP contribution is -2.41. The zero-order chi connectivity index (χ0) is 22.5. The van der Waals surface area contributed by atoms with Crippen LogP contribution in [-0.2, 0) is 6.42 Å². The van der Waals surface area contributed by atoms with E-state index in [1.165, 1.54) is 22.8 Å². The second-order valence-electron chi connectivity index (χ2n) is 9.48. The van der Waals surface area contributed by atoms with Crippen LogP contribution in [0.2, 0.25) is 0 Å². The topological polar surface area (TPSA) is 70.7 Å². The first kappa shape index (κ1) is 24.2. The number of hydrogen-bond donors (Lipinski definition) is 2. The van der Waals surface area contributed by atoms with Crippen LogP contribution in [0.5, 0.6) is 5.75 Å². The predicted octanol–water partition coefficient (Wildman–Crippen LogP) is 6.00. The molecule has 0 radical (unpaired) electrons. The molecule has 0 aliphatic heterocycles. The van der Waals surface area contributed by atoms with Crippen molar-refractivity contribution in [3.05, 3.63) is 63.3 Å². The number of aryl methyl sites for hydroxylation is 1. The van der Waals surface area contributed by atoms with E-state index < -0.39 is 5.63 Å². The Bertz CT molecular complexity index is 870. The number of aliphatic hydroxyl groups excluding tert-OH is 1. The van der Waals surface area contributed by atoms with Gasteiger partial charge in [-0.25, -0.2) is 4.79 Å². The molecule has 1 heterocycles. The molecule has 1 aliphatic rings. The van der Waals surface area contributed by atoms with E-state index in [-0.39, 0.29) is 17.3 Å². The Kier molecular flexibility index (Phi) is 8.31. The third kappa shape index (κ3) is 6.21. The molecule has 1 aliphatic carbocycles. The summed E-state index contributed by atoms with van der Waals surface area (Å²) in [5.74, 6) is 0.776. The Morgan fingerprint density at radius 3 is 2.60 bits per heavy atom. The van der Waals surface area contributed by atoms with Crippen LogP contribution in [0.15, 0.2) is 50.7 Å². The summed E-state index contributed by atoms with van der Waals surface area (Å²) in [6.07, 6.45) is 10.1. The number of hydrogen-bond acceptors (Lipinski definition) is 4. The molecule has 0 unspecified atom stereocenters. The molecule has 4 heteroatoms. The molecule has 166 valence electrons. The molecule has 1 aromatic heterocycles. The molecule has 0 bridgehead atoms. The van der Waals surface area contributed by atoms with Gasteiger partial charge in [0.05, 0.1) is 11.7 Å². The average Bonchev–Trinajstić information content (AvgIpc) is 2.64. The Labute approximate surface area is 181 Å². The molecule has 4 nitrogen and oxygen atoms in total. The summed E-state index contributed by atoms with van der Waals surface area (Å²) in [6, 6.07) is 1.48. The lowest BCUT2D eigenvalue weighted by atomic mass is 9.63. The largest absolute Gasteiger partial charge is 0.507 e. The molecule has 2 atom stereocenters. The number of allylic oxidation sites excluding steroid dienone is 5. The summed E-state index contributed by atoms with van der Waals surface area (Å²) in [7, 11) is 0. The Hall–Kier alpha value is -2.07. The molecule has 2 N–H and O–H groups in total. The zero-order valence-corrected chi connectivity index (χ0v) is 19.3. The summed E-state index contributed by atoms with van der Waals surface area (Å²) < 4.78 is 5.06. The van der Waals surface area contributed by atoms with Gasteiger partial charge in [0.2, 0.25) is 0 Å². The quantitative estimate of drug-likeness (QED) is 0.512. The van der Waals surface area contributed by atoms with Crippen molar-refractivity contribution in [3.8, 4) is 5.75 Å². The lowest BCUT2D eigenvalue weighted by Gasteiger charge is -2.44. The molecule has 0 saturated heterocycles. The number of rotatable bonds is 8. The SMILES string of the molecule is C=C1CC[C@H](O)C(C)(C)[C@@H]1CC/C(C)=C/CC/C(C)=C/Cc1c(O)cc(C)oc1=O. The monoisotopic (exact) mass is 414 g/mol. The standard InChI is InChI=1S/C26H38O4/c1-17(10-13-21-23(27)16-20(4)30-25(21)29)8-7-9-18(2)11-14-22-19(3)12-15-24(28)26(22,5)6/h9-10,16,22,24,27-28H,3,7-8,11-15H2,1-2,4-6H3/b17-10+,18-9+/t22-,24+/m1/s1. The van der Waals surface area contributed by atoms with Gasteiger partial charge in [-0.2, -0.15) is 0 Å². The molecule has 1 saturated carbocycles. The number of aliphatic hydroxyl groups is 1. The highest BCUT2D eigenvalue weighted by Crippen LogP contribution is 2.45. The van der Waals surface area contributed by atoms with E-state index in [0.717, 1.165) is 38.5 Å². The molecule has 0 amide bonds. The summed E-state index contributed by atoms with van der Waals surface area (Å²) in [5, 5.41) is 20.3. The molecular formula is C26H38O4. The van der Waals surface area contributed by atoms with E-state index in [1.807, 2.05) is 13.0 Å². The molecule has 0 spiro atoms. The van der Waals surface area contributed by atoms with Gasteiger partial charge in [0.15, 0.2) is 0 Å². The third-order valence-corrected chi connectivity index (χ3v) is 6.65. The molecule has 0 aromatic carbocycles. The van der Waals surface area contributed by atoms with Gasteiger partial charge >= 0.3 is 5.63 Å². The molecule has 1 aromatic rings. The summed E-state index contributed by atoms with van der Waals surface area (Å²) in [5.41, 5.74) is 3.56. The van der Waals surface area contributed by atoms with Crippen molar-refractivity contribution in [2.45, 2.75) is 85.7 Å². The van der Waals surface area contributed by atoms with Crippen LogP contribution >= 0.6 is 0 Å². The zero-order valence-electron chi connectivity index (χ0n) is 19.3. The maximum atomic E-state index is 11.9. The average molecular weight is 415 g/mol. The van der Waals surface area contributed by atoms with Gasteiger partial charge in [0, 0.05) is 12.5 Å². The van der Waals surface area contributed by atoms with Crippen LogP contribution in [0.3, 0.4) is 0 Å². The van der Waals surface area contributed by atoms with Crippen molar-refractivity contribution in [1.82, 2.24) is 0 Å². The van der Waals surface area contributed by atoms with Crippen LogP contribution in [0.1, 0.15) is 77.5 Å². The molecule has 2 rings (SSSR count). The van der Waals surface area contributed by atoms with E-state index in [1.54, 1.807) is 6.92 Å². The maximum Gasteiger partial charge on any atom is 0.343 e. The molecular weight excluding hydrogens is 376 g/mol. The lowest BCUT2D eigenvalue weighted by molar-refractivity contribution is -0.00880. The molecule has 30 heavy (non-hydrogen) atoms. The van der Waals surface area contributed by atoms with E-state index in [0.29, 0.717) is 23.7 Å². The highest BCUT2D eigenvalue weighted by atomic mass is 16.4. The fourth-order valence-corrected chi connectivity index (χ4v) is 4.41. The van der Waals surface area contributed by atoms with Gasteiger partial charge in [0.1, 0.15) is 11.5 Å². The van der Waals surface area contributed by atoms with Gasteiger partial charge in [-0.05, 0) is 70.6 Å². The van der Waals surface area contributed by atoms with Crippen LogP contribution < -0.4 is 5.63 Å². The van der Waals surface area contributed by atoms with Gasteiger partial charge in [-0.1, -0.05) is 49.3 Å². The molecule has 1 fully saturated rings. The first-order valence-corrected chi connectivity index (χ1v) is 11.0. The highest BCUT2D eigenvalue weighted by Gasteiger charge is 2.40. The second kappa shape index (κ2) is 10.3. The van der Waals surface area contributed by atoms with E-state index in [4.69, 9.17) is 4.42 Å². The normalized spacial score (nSPS) is 22.4. The Morgan fingerprint density at radius 1 is 1.27 bits per heavy atom. The highest BCUT2D eigenvalue weighted by molar-refractivity contribution is 5.31. The van der Waals surface area contributed by atoms with Crippen LogP contribution in [0.4, 0.5) is 0 Å². The van der Waals surface area contributed by atoms with Crippen LogP contribution in [0, 0.1) is 18.3 Å². The minimum atomic E-state index is -0.468. The van der Waals surface area contributed by atoms with Crippen molar-refractivity contribution < 1.29 is 14.6 Å². The summed E-state index contributed by atoms with van der Waals surface area (Å²) >= 11 is 0. The van der Waals surface area contributed by atoms with Crippen LogP contribution in [-0.4, -0.2) is 16.3 Å². The van der Waals surface area contributed by atoms with Crippen LogP contribution in [0.25, 0.3) is 0 Å². The first-order valence-electron chi connectivity index (χ1n) is 11.0. The maximum absolute atomic E-state index is 11.9. The van der Waals surface area contributed by atoms with Crippen molar-refractivity contribution in [2.75, 3.05) is 0 Å². The Morgan fingerprint density at radius 2 is 1.93 bits per heavy atom. The third-order valence-electron chi connectivity index (χ3n) is 6.65. The first-order chi connectivity index (χ1) is 14.0. The summed E-state index contributed by atoms with van der Waals surface area (Å²) in [4.78, 5) is 11.9. The van der Waals surface area contributed by atoms with Gasteiger partial charge in [-0.15, -0.1) is 0 Å². The van der Waals surface area contributed by atoms with E-state index in [9.17, 15) is 15.0 Å². The summed E-state index contributed by atoms with van der Waals surface area (Å²) in [6.45, 7) is 14.4. The van der Waals surface area contributed by atoms with Gasteiger partial charge < -0.3 is 14.6 Å². The smallest absolute Gasteiger partial charge is 0.343 e. The van der Waals surface area contributed by atoms with Crippen molar-refractivity contribution in [1.29, 1.82) is 0 Å². The van der Waals surface area contributed by atoms with E-state index in [2.05, 4.69) is 33.4 Å². The number of aromatic hydroxyl groups is 1. The minimum Gasteiger partial charge on any atom is -0.507 e. The fourth-order valence-electron chi connectivity index (χ4n) is 4.41. The van der Waals surface area contributed by atoms with Crippen molar-refractivity contribution in [3.63, 3.8) is 0 Å². The fraction of sp³-hybridized carbons (Fsp3) is 0.577. The Balaban J connectivity index is 1.85. The minimum absolute atomic E-state index is 0.000818. The predicted molar refractivity (Wildman–Crippen MR) is 123 cm³/mol.